The molecular formula is C18H20FN5O4. The topological polar surface area (TPSA) is 135 Å². The van der Waals surface area contributed by atoms with Gasteiger partial charge in [-0.1, -0.05) is 18.2 Å². The summed E-state index contributed by atoms with van der Waals surface area (Å²) in [6, 6.07) is 4.94. The van der Waals surface area contributed by atoms with E-state index in [0.717, 1.165) is 12.8 Å². The number of aromatic nitrogens is 2. The van der Waals surface area contributed by atoms with Crippen molar-refractivity contribution in [2.75, 3.05) is 13.2 Å². The molecule has 1 amide bonds. The molecule has 2 aromatic rings. The maximum absolute atomic E-state index is 14.8. The van der Waals surface area contributed by atoms with Gasteiger partial charge in [0.2, 0.25) is 0 Å². The largest absolute Gasteiger partial charge is 0.460 e. The standard InChI is InChI=1S/C18H20FN5O4/c19-15-11(10-27-18(25)24-16(20)21)2-1-3-14(15)12-8-22-17(23-9-12)28-13-4-6-26-7-5-13/h1-3,8-9,13H,4-7,10H2,(H4,20,21,24,25). The van der Waals surface area contributed by atoms with Crippen molar-refractivity contribution in [1.82, 2.24) is 9.97 Å². The molecule has 0 atom stereocenters. The van der Waals surface area contributed by atoms with Crippen LogP contribution in [0.4, 0.5) is 9.18 Å². The maximum atomic E-state index is 14.8. The van der Waals surface area contributed by atoms with Gasteiger partial charge >= 0.3 is 12.1 Å². The van der Waals surface area contributed by atoms with E-state index in [0.29, 0.717) is 18.8 Å². The minimum Gasteiger partial charge on any atom is -0.460 e. The van der Waals surface area contributed by atoms with Crippen molar-refractivity contribution in [1.29, 1.82) is 0 Å². The highest BCUT2D eigenvalue weighted by molar-refractivity contribution is 5.87. The summed E-state index contributed by atoms with van der Waals surface area (Å²) in [5.41, 5.74) is 11.1. The van der Waals surface area contributed by atoms with E-state index in [4.69, 9.17) is 25.7 Å². The number of guanidine groups is 1. The summed E-state index contributed by atoms with van der Waals surface area (Å²) >= 11 is 0. The lowest BCUT2D eigenvalue weighted by molar-refractivity contribution is 0.0217. The van der Waals surface area contributed by atoms with Gasteiger partial charge in [0.1, 0.15) is 18.5 Å². The number of ether oxygens (including phenoxy) is 3. The Kier molecular flexibility index (Phi) is 6.33. The highest BCUT2D eigenvalue weighted by atomic mass is 19.1. The summed E-state index contributed by atoms with van der Waals surface area (Å²) in [5, 5.41) is 0. The predicted octanol–water partition coefficient (Wildman–Crippen LogP) is 1.75. The molecule has 0 radical (unpaired) electrons. The van der Waals surface area contributed by atoms with E-state index in [9.17, 15) is 9.18 Å². The summed E-state index contributed by atoms with van der Waals surface area (Å²) in [4.78, 5) is 22.9. The Morgan fingerprint density at radius 3 is 2.64 bits per heavy atom. The number of rotatable bonds is 5. The van der Waals surface area contributed by atoms with Crippen LogP contribution < -0.4 is 16.2 Å². The zero-order chi connectivity index (χ0) is 19.9. The van der Waals surface area contributed by atoms with E-state index in [1.807, 2.05) is 0 Å². The summed E-state index contributed by atoms with van der Waals surface area (Å²) in [6.07, 6.45) is 3.54. The summed E-state index contributed by atoms with van der Waals surface area (Å²) in [6.45, 7) is 0.976. The molecule has 148 valence electrons. The lowest BCUT2D eigenvalue weighted by atomic mass is 10.1. The number of nitrogens with two attached hydrogens (primary N) is 2. The van der Waals surface area contributed by atoms with Crippen LogP contribution in [0.3, 0.4) is 0 Å². The smallest absolute Gasteiger partial charge is 0.437 e. The van der Waals surface area contributed by atoms with Crippen molar-refractivity contribution in [2.24, 2.45) is 16.5 Å². The van der Waals surface area contributed by atoms with Gasteiger partial charge in [-0.25, -0.2) is 19.2 Å². The normalized spacial score (nSPS) is 14.3. The fraction of sp³-hybridized carbons (Fsp3) is 0.333. The molecule has 1 fully saturated rings. The van der Waals surface area contributed by atoms with Crippen molar-refractivity contribution < 1.29 is 23.4 Å². The van der Waals surface area contributed by atoms with E-state index in [2.05, 4.69) is 15.0 Å². The highest BCUT2D eigenvalue weighted by Gasteiger charge is 2.17. The van der Waals surface area contributed by atoms with Crippen LogP contribution in [0.2, 0.25) is 0 Å². The molecule has 0 unspecified atom stereocenters. The predicted molar refractivity (Wildman–Crippen MR) is 97.9 cm³/mol. The molecule has 10 heteroatoms. The van der Waals surface area contributed by atoms with Gasteiger partial charge in [0.15, 0.2) is 5.96 Å². The van der Waals surface area contributed by atoms with E-state index in [1.165, 1.54) is 18.5 Å². The van der Waals surface area contributed by atoms with Crippen LogP contribution in [0.1, 0.15) is 18.4 Å². The van der Waals surface area contributed by atoms with E-state index >= 15 is 0 Å². The van der Waals surface area contributed by atoms with Crippen LogP contribution in [0.5, 0.6) is 6.01 Å². The van der Waals surface area contributed by atoms with Crippen LogP contribution in [-0.2, 0) is 16.1 Å². The molecule has 28 heavy (non-hydrogen) atoms. The van der Waals surface area contributed by atoms with E-state index in [1.54, 1.807) is 12.1 Å². The van der Waals surface area contributed by atoms with Crippen LogP contribution in [0, 0.1) is 5.82 Å². The fourth-order valence-corrected chi connectivity index (χ4v) is 2.65. The molecule has 4 N–H and O–H groups in total. The third-order valence-electron chi connectivity index (χ3n) is 4.03. The first-order chi connectivity index (χ1) is 13.5. The minimum absolute atomic E-state index is 0.0135. The Hall–Kier alpha value is -3.27. The number of nitrogens with zero attached hydrogens (tertiary/aromatic N) is 3. The van der Waals surface area contributed by atoms with Gasteiger partial charge in [-0.3, -0.25) is 0 Å². The van der Waals surface area contributed by atoms with Crippen molar-refractivity contribution in [3.63, 3.8) is 0 Å². The first-order valence-corrected chi connectivity index (χ1v) is 8.63. The number of carbonyl (C=O) groups is 1. The van der Waals surface area contributed by atoms with Crippen molar-refractivity contribution in [2.45, 2.75) is 25.6 Å². The van der Waals surface area contributed by atoms with Crippen molar-refractivity contribution in [3.05, 3.63) is 42.0 Å². The molecule has 1 aliphatic rings. The number of carbonyl (C=O) groups excluding carboxylic acids is 1. The second-order valence-corrected chi connectivity index (χ2v) is 6.05. The molecule has 3 rings (SSSR count). The molecule has 1 saturated heterocycles. The van der Waals surface area contributed by atoms with Gasteiger partial charge in [-0.2, -0.15) is 0 Å². The number of aliphatic imine (C=N–C) groups is 1. The minimum atomic E-state index is -0.997. The second-order valence-electron chi connectivity index (χ2n) is 6.05. The third kappa shape index (κ3) is 5.13. The second kappa shape index (κ2) is 9.09. The molecular weight excluding hydrogens is 369 g/mol. The fourth-order valence-electron chi connectivity index (χ4n) is 2.65. The molecule has 2 heterocycles. The van der Waals surface area contributed by atoms with E-state index in [-0.39, 0.29) is 29.8 Å². The lowest BCUT2D eigenvalue weighted by Crippen LogP contribution is -2.26. The molecule has 1 aliphatic heterocycles. The first kappa shape index (κ1) is 19.5. The molecule has 1 aromatic carbocycles. The van der Waals surface area contributed by atoms with Crippen molar-refractivity contribution in [3.8, 4) is 17.1 Å². The molecule has 0 aliphatic carbocycles. The van der Waals surface area contributed by atoms with E-state index < -0.39 is 17.9 Å². The van der Waals surface area contributed by atoms with Gasteiger partial charge in [0.25, 0.3) is 0 Å². The Bertz CT molecular complexity index is 850. The number of hydrogen-bond donors (Lipinski definition) is 2. The average Bonchev–Trinajstić information content (AvgIpc) is 2.68. The Balaban J connectivity index is 1.69. The van der Waals surface area contributed by atoms with Gasteiger partial charge in [-0.15, -0.1) is 4.99 Å². The van der Waals surface area contributed by atoms with Crippen LogP contribution in [0.15, 0.2) is 35.6 Å². The lowest BCUT2D eigenvalue weighted by Gasteiger charge is -2.22. The van der Waals surface area contributed by atoms with Gasteiger partial charge < -0.3 is 25.7 Å². The number of amides is 1. The monoisotopic (exact) mass is 389 g/mol. The zero-order valence-electron chi connectivity index (χ0n) is 15.0. The van der Waals surface area contributed by atoms with Gasteiger partial charge in [-0.05, 0) is 0 Å². The summed E-state index contributed by atoms with van der Waals surface area (Å²) < 4.78 is 30.6. The molecule has 0 spiro atoms. The van der Waals surface area contributed by atoms with Crippen LogP contribution >= 0.6 is 0 Å². The Morgan fingerprint density at radius 2 is 1.96 bits per heavy atom. The number of halogens is 1. The van der Waals surface area contributed by atoms with Gasteiger partial charge in [0.05, 0.1) is 13.2 Å². The molecule has 1 aromatic heterocycles. The molecule has 9 nitrogen and oxygen atoms in total. The number of benzene rings is 1. The summed E-state index contributed by atoms with van der Waals surface area (Å²) in [5.74, 6) is -0.985. The first-order valence-electron chi connectivity index (χ1n) is 8.63. The zero-order valence-corrected chi connectivity index (χ0v) is 15.0. The summed E-state index contributed by atoms with van der Waals surface area (Å²) in [7, 11) is 0. The Morgan fingerprint density at radius 1 is 1.25 bits per heavy atom. The van der Waals surface area contributed by atoms with Gasteiger partial charge in [0, 0.05) is 41.9 Å². The highest BCUT2D eigenvalue weighted by Crippen LogP contribution is 2.25. The quantitative estimate of drug-likeness (QED) is 0.583. The molecule has 0 saturated carbocycles. The SMILES string of the molecule is NC(N)=NC(=O)OCc1cccc(-c2cnc(OC3CCOCC3)nc2)c1F. The van der Waals surface area contributed by atoms with Crippen LogP contribution in [0.25, 0.3) is 11.1 Å². The maximum Gasteiger partial charge on any atom is 0.437 e. The van der Waals surface area contributed by atoms with Crippen LogP contribution in [-0.4, -0.2) is 41.3 Å². The number of hydrogen-bond acceptors (Lipinski definition) is 6. The Labute approximate surface area is 160 Å². The third-order valence-corrected chi connectivity index (χ3v) is 4.03. The van der Waals surface area contributed by atoms with Crippen molar-refractivity contribution >= 4 is 12.1 Å². The average molecular weight is 389 g/mol. The molecule has 0 bridgehead atoms.